The summed E-state index contributed by atoms with van der Waals surface area (Å²) in [6.45, 7) is 4.00. The monoisotopic (exact) mass is 299 g/mol. The molecule has 1 amide bonds. The van der Waals surface area contributed by atoms with Crippen LogP contribution in [0.5, 0.6) is 0 Å². The minimum atomic E-state index is -0.870. The Labute approximate surface area is 130 Å². The summed E-state index contributed by atoms with van der Waals surface area (Å²) in [5, 5.41) is 11.5. The number of hydrogen-bond acceptors (Lipinski definition) is 2. The predicted octanol–water partition coefficient (Wildman–Crippen LogP) is 3.52. The molecule has 0 aromatic heterocycles. The first kappa shape index (κ1) is 17.4. The lowest BCUT2D eigenvalue weighted by Gasteiger charge is -2.06. The van der Waals surface area contributed by atoms with E-state index in [0.29, 0.717) is 17.7 Å². The Morgan fingerprint density at radius 2 is 1.41 bits per heavy atom. The van der Waals surface area contributed by atoms with E-state index in [1.807, 2.05) is 44.2 Å². The topological polar surface area (TPSA) is 66.4 Å². The molecule has 2 aromatic carbocycles. The SMILES string of the molecule is CC.O=C(O)Cc1ccc(NC(=O)Cc2ccccc2)cc1. The van der Waals surface area contributed by atoms with E-state index in [4.69, 9.17) is 5.11 Å². The van der Waals surface area contributed by atoms with E-state index >= 15 is 0 Å². The van der Waals surface area contributed by atoms with Crippen molar-refractivity contribution in [3.05, 3.63) is 65.7 Å². The third-order valence-corrected chi connectivity index (χ3v) is 2.80. The zero-order valence-corrected chi connectivity index (χ0v) is 12.9. The Morgan fingerprint density at radius 1 is 0.864 bits per heavy atom. The molecule has 4 nitrogen and oxygen atoms in total. The van der Waals surface area contributed by atoms with Crippen molar-refractivity contribution in [2.75, 3.05) is 5.32 Å². The highest BCUT2D eigenvalue weighted by Gasteiger charge is 2.04. The van der Waals surface area contributed by atoms with E-state index in [1.54, 1.807) is 24.3 Å². The number of carboxylic acid groups (broad SMARTS) is 1. The van der Waals surface area contributed by atoms with Gasteiger partial charge in [-0.3, -0.25) is 9.59 Å². The van der Waals surface area contributed by atoms with Gasteiger partial charge in [-0.05, 0) is 23.3 Å². The Hall–Kier alpha value is -2.62. The van der Waals surface area contributed by atoms with Crippen molar-refractivity contribution >= 4 is 17.6 Å². The minimum absolute atomic E-state index is 0.0156. The van der Waals surface area contributed by atoms with Crippen LogP contribution in [-0.4, -0.2) is 17.0 Å². The molecule has 0 spiro atoms. The van der Waals surface area contributed by atoms with Gasteiger partial charge < -0.3 is 10.4 Å². The van der Waals surface area contributed by atoms with Gasteiger partial charge in [0.25, 0.3) is 0 Å². The summed E-state index contributed by atoms with van der Waals surface area (Å²) < 4.78 is 0. The summed E-state index contributed by atoms with van der Waals surface area (Å²) in [7, 11) is 0. The predicted molar refractivity (Wildman–Crippen MR) is 87.9 cm³/mol. The molecule has 2 rings (SSSR count). The van der Waals surface area contributed by atoms with Gasteiger partial charge >= 0.3 is 5.97 Å². The number of hydrogen-bond donors (Lipinski definition) is 2. The second kappa shape index (κ2) is 9.34. The quantitative estimate of drug-likeness (QED) is 0.887. The molecule has 0 bridgehead atoms. The van der Waals surface area contributed by atoms with E-state index in [0.717, 1.165) is 5.56 Å². The Morgan fingerprint density at radius 3 is 1.95 bits per heavy atom. The smallest absolute Gasteiger partial charge is 0.307 e. The van der Waals surface area contributed by atoms with Crippen LogP contribution < -0.4 is 5.32 Å². The lowest BCUT2D eigenvalue weighted by molar-refractivity contribution is -0.136. The molecule has 0 fully saturated rings. The van der Waals surface area contributed by atoms with Crippen LogP contribution in [0.1, 0.15) is 25.0 Å². The van der Waals surface area contributed by atoms with Gasteiger partial charge in [0.05, 0.1) is 12.8 Å². The number of aliphatic carboxylic acids is 1. The van der Waals surface area contributed by atoms with Gasteiger partial charge in [0.2, 0.25) is 5.91 Å². The van der Waals surface area contributed by atoms with Gasteiger partial charge in [0, 0.05) is 5.69 Å². The lowest BCUT2D eigenvalue weighted by atomic mass is 10.1. The maximum Gasteiger partial charge on any atom is 0.307 e. The van der Waals surface area contributed by atoms with Crippen molar-refractivity contribution in [1.82, 2.24) is 0 Å². The third-order valence-electron chi connectivity index (χ3n) is 2.80. The molecule has 0 saturated heterocycles. The van der Waals surface area contributed by atoms with Crippen LogP contribution >= 0.6 is 0 Å². The zero-order chi connectivity index (χ0) is 16.4. The molecule has 0 atom stereocenters. The molecule has 116 valence electrons. The molecule has 0 radical (unpaired) electrons. The van der Waals surface area contributed by atoms with Gasteiger partial charge in [0.15, 0.2) is 0 Å². The molecule has 0 aliphatic rings. The molecule has 2 aromatic rings. The first-order valence-electron chi connectivity index (χ1n) is 7.28. The molecule has 0 aliphatic heterocycles. The number of amides is 1. The maximum atomic E-state index is 11.8. The van der Waals surface area contributed by atoms with Crippen molar-refractivity contribution in [3.63, 3.8) is 0 Å². The average molecular weight is 299 g/mol. The van der Waals surface area contributed by atoms with Gasteiger partial charge in [-0.1, -0.05) is 56.3 Å². The number of carbonyl (C=O) groups is 2. The number of carbonyl (C=O) groups excluding carboxylic acids is 1. The number of carboxylic acids is 1. The summed E-state index contributed by atoms with van der Waals surface area (Å²) >= 11 is 0. The molecule has 22 heavy (non-hydrogen) atoms. The van der Waals surface area contributed by atoms with Crippen LogP contribution in [0.2, 0.25) is 0 Å². The lowest BCUT2D eigenvalue weighted by Crippen LogP contribution is -2.14. The fraction of sp³-hybridized carbons (Fsp3) is 0.222. The Balaban J connectivity index is 0.00000116. The van der Waals surface area contributed by atoms with E-state index < -0.39 is 5.97 Å². The number of rotatable bonds is 5. The summed E-state index contributed by atoms with van der Waals surface area (Å²) in [6, 6.07) is 16.3. The fourth-order valence-corrected chi connectivity index (χ4v) is 1.87. The second-order valence-corrected chi connectivity index (χ2v) is 4.48. The maximum absolute atomic E-state index is 11.8. The molecule has 0 aliphatic carbocycles. The van der Waals surface area contributed by atoms with Crippen molar-refractivity contribution < 1.29 is 14.7 Å². The molecular weight excluding hydrogens is 278 g/mol. The average Bonchev–Trinajstić information content (AvgIpc) is 2.52. The third kappa shape index (κ3) is 6.22. The van der Waals surface area contributed by atoms with Crippen LogP contribution in [0, 0.1) is 0 Å². The molecule has 0 heterocycles. The Bertz CT molecular complexity index is 591. The van der Waals surface area contributed by atoms with E-state index in [1.165, 1.54) is 0 Å². The molecule has 0 saturated carbocycles. The first-order chi connectivity index (χ1) is 10.6. The highest BCUT2D eigenvalue weighted by atomic mass is 16.4. The van der Waals surface area contributed by atoms with Gasteiger partial charge in [-0.25, -0.2) is 0 Å². The van der Waals surface area contributed by atoms with Crippen LogP contribution in [0.3, 0.4) is 0 Å². The Kier molecular flexibility index (Phi) is 7.40. The van der Waals surface area contributed by atoms with Crippen molar-refractivity contribution in [2.45, 2.75) is 26.7 Å². The molecule has 4 heteroatoms. The van der Waals surface area contributed by atoms with Gasteiger partial charge in [-0.2, -0.15) is 0 Å². The van der Waals surface area contributed by atoms with Crippen LogP contribution in [0.15, 0.2) is 54.6 Å². The number of nitrogens with one attached hydrogen (secondary N) is 1. The second-order valence-electron chi connectivity index (χ2n) is 4.48. The zero-order valence-electron chi connectivity index (χ0n) is 12.9. The van der Waals surface area contributed by atoms with Gasteiger partial charge in [-0.15, -0.1) is 0 Å². The molecule has 2 N–H and O–H groups in total. The van der Waals surface area contributed by atoms with Crippen LogP contribution in [0.25, 0.3) is 0 Å². The summed E-state index contributed by atoms with van der Waals surface area (Å²) in [4.78, 5) is 22.4. The summed E-state index contributed by atoms with van der Waals surface area (Å²) in [5.74, 6) is -0.965. The number of anilines is 1. The van der Waals surface area contributed by atoms with E-state index in [-0.39, 0.29) is 12.3 Å². The molecular formula is C18H21NO3. The summed E-state index contributed by atoms with van der Waals surface area (Å²) in [6.07, 6.45) is 0.302. The van der Waals surface area contributed by atoms with Crippen LogP contribution in [-0.2, 0) is 22.4 Å². The standard InChI is InChI=1S/C16H15NO3.C2H6/c18-15(10-12-4-2-1-3-5-12)17-14-8-6-13(7-9-14)11-16(19)20;1-2/h1-9H,10-11H2,(H,17,18)(H,19,20);1-2H3. The minimum Gasteiger partial charge on any atom is -0.481 e. The number of benzene rings is 2. The highest BCUT2D eigenvalue weighted by molar-refractivity contribution is 5.92. The van der Waals surface area contributed by atoms with Crippen LogP contribution in [0.4, 0.5) is 5.69 Å². The normalized spacial score (nSPS) is 9.36. The summed E-state index contributed by atoms with van der Waals surface area (Å²) in [5.41, 5.74) is 2.33. The largest absolute Gasteiger partial charge is 0.481 e. The van der Waals surface area contributed by atoms with E-state index in [2.05, 4.69) is 5.32 Å². The first-order valence-corrected chi connectivity index (χ1v) is 7.28. The van der Waals surface area contributed by atoms with Crippen molar-refractivity contribution in [2.24, 2.45) is 0 Å². The van der Waals surface area contributed by atoms with Crippen molar-refractivity contribution in [1.29, 1.82) is 0 Å². The van der Waals surface area contributed by atoms with E-state index in [9.17, 15) is 9.59 Å². The van der Waals surface area contributed by atoms with Crippen molar-refractivity contribution in [3.8, 4) is 0 Å². The highest BCUT2D eigenvalue weighted by Crippen LogP contribution is 2.11. The fourth-order valence-electron chi connectivity index (χ4n) is 1.87. The van der Waals surface area contributed by atoms with Gasteiger partial charge in [0.1, 0.15) is 0 Å². The molecule has 0 unspecified atom stereocenters.